The highest BCUT2D eigenvalue weighted by Gasteiger charge is 2.32. The maximum Gasteiger partial charge on any atom is 0.410 e. The number of rotatable bonds is 15. The van der Waals surface area contributed by atoms with Crippen LogP contribution in [0.1, 0.15) is 45.6 Å². The van der Waals surface area contributed by atoms with E-state index >= 15 is 0 Å². The van der Waals surface area contributed by atoms with Crippen molar-refractivity contribution in [2.75, 3.05) is 77.5 Å². The van der Waals surface area contributed by atoms with E-state index in [1.54, 1.807) is 4.90 Å². The van der Waals surface area contributed by atoms with E-state index in [1.807, 2.05) is 57.0 Å². The average Bonchev–Trinajstić information content (AvgIpc) is 3.05. The molecule has 1 aromatic rings. The largest absolute Gasteiger partial charge is 0.442 e. The molecule has 1 N–H and O–H groups in total. The van der Waals surface area contributed by atoms with Crippen molar-refractivity contribution in [2.45, 2.75) is 52.2 Å². The highest BCUT2D eigenvalue weighted by molar-refractivity contribution is 5.80. The Kier molecular flexibility index (Phi) is 14.3. The number of nitrogens with zero attached hydrogens (tertiary/aromatic N) is 4. The molecule has 4 rings (SSSR count). The molecule has 0 aliphatic carbocycles. The SMILES string of the molecule is C/C(=C\c1cc(F)cc(N2CCN(C(=O)C3COC3)CC2)c1)[C@@H](C=O)[C@@H](C)/C=C/[C@H](OC(=O)N1CCN(C)CC1)[C@@H](C)CC[C@@H](O)CC=O. The second-order valence-corrected chi connectivity index (χ2v) is 13.8. The van der Waals surface area contributed by atoms with E-state index in [1.165, 1.54) is 12.1 Å². The van der Waals surface area contributed by atoms with Crippen molar-refractivity contribution in [3.8, 4) is 0 Å². The number of hydrogen-bond acceptors (Lipinski definition) is 9. The summed E-state index contributed by atoms with van der Waals surface area (Å²) in [6, 6.07) is 4.84. The molecular weight excluding hydrogens is 631 g/mol. The number of carbonyl (C=O) groups excluding carboxylic acids is 4. The van der Waals surface area contributed by atoms with Crippen LogP contribution in [0.5, 0.6) is 0 Å². The lowest BCUT2D eigenvalue weighted by Crippen LogP contribution is -2.53. The van der Waals surface area contributed by atoms with Gasteiger partial charge < -0.3 is 43.8 Å². The summed E-state index contributed by atoms with van der Waals surface area (Å²) < 4.78 is 26.0. The minimum absolute atomic E-state index is 0.0527. The molecule has 3 saturated heterocycles. The molecule has 0 radical (unpaired) electrons. The Hall–Kier alpha value is -3.61. The third-order valence-electron chi connectivity index (χ3n) is 9.97. The fourth-order valence-electron chi connectivity index (χ4n) is 6.47. The van der Waals surface area contributed by atoms with Gasteiger partial charge >= 0.3 is 6.09 Å². The van der Waals surface area contributed by atoms with Crippen LogP contribution in [0, 0.1) is 29.5 Å². The number of allylic oxidation sites excluding steroid dienone is 2. The van der Waals surface area contributed by atoms with Crippen LogP contribution >= 0.6 is 0 Å². The highest BCUT2D eigenvalue weighted by Crippen LogP contribution is 2.27. The Bertz CT molecular complexity index is 1340. The average molecular weight is 685 g/mol. The molecule has 3 fully saturated rings. The molecule has 3 heterocycles. The van der Waals surface area contributed by atoms with E-state index in [9.17, 15) is 28.7 Å². The lowest BCUT2D eigenvalue weighted by atomic mass is 9.86. The van der Waals surface area contributed by atoms with Crippen molar-refractivity contribution < 1.29 is 38.1 Å². The molecule has 0 spiro atoms. The van der Waals surface area contributed by atoms with Crippen molar-refractivity contribution in [3.05, 3.63) is 47.3 Å². The predicted molar refractivity (Wildman–Crippen MR) is 185 cm³/mol. The van der Waals surface area contributed by atoms with Gasteiger partial charge in [-0.3, -0.25) is 4.79 Å². The molecule has 3 aliphatic heterocycles. The van der Waals surface area contributed by atoms with Gasteiger partial charge in [-0.25, -0.2) is 9.18 Å². The maximum absolute atomic E-state index is 14.8. The second-order valence-electron chi connectivity index (χ2n) is 13.8. The van der Waals surface area contributed by atoms with Crippen LogP contribution < -0.4 is 4.90 Å². The van der Waals surface area contributed by atoms with Gasteiger partial charge in [0, 0.05) is 70.4 Å². The van der Waals surface area contributed by atoms with Gasteiger partial charge in [-0.2, -0.15) is 0 Å². The van der Waals surface area contributed by atoms with Crippen LogP contribution in [0.3, 0.4) is 0 Å². The standard InChI is InChI=1S/C37H53FN4O7/c1-26(6-8-35(27(2)5-7-33(45)9-18-43)49-37(47)42-12-10-39(4)11-13-42)34(23-44)28(3)19-29-20-31(38)22-32(21-29)40-14-16-41(17-15-40)36(46)30-24-48-25-30/h6,8,18-23,26-27,30,33-35,45H,5,7,9-17,24-25H2,1-4H3/b8-6+,28-19+/t26-,27-,33+,34-,35-/m0/s1. The maximum atomic E-state index is 14.8. The smallest absolute Gasteiger partial charge is 0.410 e. The van der Waals surface area contributed by atoms with Crippen molar-refractivity contribution in [3.63, 3.8) is 0 Å². The number of halogens is 1. The molecule has 1 aromatic carbocycles. The molecule has 11 nitrogen and oxygen atoms in total. The quantitative estimate of drug-likeness (QED) is 0.218. The minimum atomic E-state index is -0.756. The number of carbonyl (C=O) groups is 4. The number of amides is 2. The van der Waals surface area contributed by atoms with Crippen LogP contribution in [0.25, 0.3) is 6.08 Å². The van der Waals surface area contributed by atoms with E-state index in [4.69, 9.17) is 9.47 Å². The summed E-state index contributed by atoms with van der Waals surface area (Å²) in [5.74, 6) is -1.23. The Morgan fingerprint density at radius 3 is 2.27 bits per heavy atom. The number of aliphatic hydroxyl groups is 1. The molecule has 0 unspecified atom stereocenters. The minimum Gasteiger partial charge on any atom is -0.442 e. The fourth-order valence-corrected chi connectivity index (χ4v) is 6.47. The highest BCUT2D eigenvalue weighted by atomic mass is 19.1. The summed E-state index contributed by atoms with van der Waals surface area (Å²) in [7, 11) is 2.01. The number of aliphatic hydroxyl groups excluding tert-OH is 1. The number of hydrogen-bond donors (Lipinski definition) is 1. The molecular formula is C37H53FN4O7. The van der Waals surface area contributed by atoms with Gasteiger partial charge in [0.25, 0.3) is 0 Å². The van der Waals surface area contributed by atoms with Crippen LogP contribution in [0.4, 0.5) is 14.9 Å². The lowest BCUT2D eigenvalue weighted by Gasteiger charge is -2.39. The first-order valence-electron chi connectivity index (χ1n) is 17.5. The summed E-state index contributed by atoms with van der Waals surface area (Å²) in [6.45, 7) is 11.6. The monoisotopic (exact) mass is 684 g/mol. The molecule has 0 aromatic heterocycles. The second kappa shape index (κ2) is 18.4. The number of anilines is 1. The molecule has 49 heavy (non-hydrogen) atoms. The van der Waals surface area contributed by atoms with Crippen LogP contribution in [-0.4, -0.2) is 129 Å². The van der Waals surface area contributed by atoms with Crippen molar-refractivity contribution in [1.82, 2.24) is 14.7 Å². The number of likely N-dealkylation sites (N-methyl/N-ethyl adjacent to an activating group) is 1. The third-order valence-corrected chi connectivity index (χ3v) is 9.97. The predicted octanol–water partition coefficient (Wildman–Crippen LogP) is 3.65. The van der Waals surface area contributed by atoms with E-state index in [0.29, 0.717) is 77.2 Å². The van der Waals surface area contributed by atoms with Gasteiger partial charge in [0.15, 0.2) is 0 Å². The summed E-state index contributed by atoms with van der Waals surface area (Å²) in [6.07, 6.45) is 6.33. The fraction of sp³-hybridized carbons (Fsp3) is 0.622. The van der Waals surface area contributed by atoms with Crippen molar-refractivity contribution in [2.24, 2.45) is 23.7 Å². The number of benzene rings is 1. The molecule has 12 heteroatoms. The normalized spacial score (nSPS) is 21.1. The first-order valence-corrected chi connectivity index (χ1v) is 17.5. The molecule has 3 aliphatic rings. The van der Waals surface area contributed by atoms with Gasteiger partial charge in [0.2, 0.25) is 5.91 Å². The summed E-state index contributed by atoms with van der Waals surface area (Å²) >= 11 is 0. The molecule has 270 valence electrons. The number of aldehydes is 2. The zero-order valence-electron chi connectivity index (χ0n) is 29.3. The number of ether oxygens (including phenoxy) is 2. The van der Waals surface area contributed by atoms with Crippen molar-refractivity contribution in [1.29, 1.82) is 0 Å². The van der Waals surface area contributed by atoms with Crippen LogP contribution in [-0.2, 0) is 23.9 Å². The van der Waals surface area contributed by atoms with Crippen LogP contribution in [0.15, 0.2) is 35.9 Å². The van der Waals surface area contributed by atoms with Gasteiger partial charge in [0.1, 0.15) is 24.5 Å². The van der Waals surface area contributed by atoms with E-state index in [-0.39, 0.29) is 35.9 Å². The number of piperazine rings is 2. The van der Waals surface area contributed by atoms with Crippen molar-refractivity contribution >= 4 is 36.3 Å². The summed E-state index contributed by atoms with van der Waals surface area (Å²) in [4.78, 5) is 56.7. The lowest BCUT2D eigenvalue weighted by molar-refractivity contribution is -0.150. The first-order chi connectivity index (χ1) is 23.5. The molecule has 2 amide bonds. The van der Waals surface area contributed by atoms with E-state index in [2.05, 4.69) is 9.80 Å². The van der Waals surface area contributed by atoms with Gasteiger partial charge in [-0.05, 0) is 68.5 Å². The molecule has 5 atom stereocenters. The van der Waals surface area contributed by atoms with E-state index < -0.39 is 24.2 Å². The van der Waals surface area contributed by atoms with Gasteiger partial charge in [0.05, 0.1) is 25.2 Å². The third kappa shape index (κ3) is 10.9. The van der Waals surface area contributed by atoms with E-state index in [0.717, 1.165) is 30.6 Å². The zero-order valence-corrected chi connectivity index (χ0v) is 29.3. The van der Waals surface area contributed by atoms with Crippen LogP contribution in [0.2, 0.25) is 0 Å². The zero-order chi connectivity index (χ0) is 35.5. The Labute approximate surface area is 289 Å². The summed E-state index contributed by atoms with van der Waals surface area (Å²) in [5, 5.41) is 10.1. The summed E-state index contributed by atoms with van der Waals surface area (Å²) in [5.41, 5.74) is 2.13. The first kappa shape index (κ1) is 38.2. The van der Waals surface area contributed by atoms with Gasteiger partial charge in [-0.15, -0.1) is 0 Å². The Morgan fingerprint density at radius 2 is 1.65 bits per heavy atom. The van der Waals surface area contributed by atoms with Gasteiger partial charge in [-0.1, -0.05) is 31.6 Å². The Morgan fingerprint density at radius 1 is 0.980 bits per heavy atom. The molecule has 0 saturated carbocycles. The topological polar surface area (TPSA) is 120 Å². The molecule has 0 bridgehead atoms. The Balaban J connectivity index is 1.43.